The molecule has 6 N–H and O–H groups in total. The first-order chi connectivity index (χ1) is 15.4. The van der Waals surface area contributed by atoms with E-state index in [0.717, 1.165) is 0 Å². The van der Waals surface area contributed by atoms with E-state index in [4.69, 9.17) is 19.1 Å². The zero-order valence-corrected chi connectivity index (χ0v) is 17.4. The number of phenols is 1. The van der Waals surface area contributed by atoms with Crippen LogP contribution in [0, 0.1) is 0 Å². The van der Waals surface area contributed by atoms with Gasteiger partial charge in [-0.3, -0.25) is 4.55 Å². The van der Waals surface area contributed by atoms with Crippen LogP contribution in [0.2, 0.25) is 0 Å². The average molecular weight is 484 g/mol. The number of hydrogen-bond donors (Lipinski definition) is 6. The number of aliphatic carboxylic acids is 1. The molecule has 33 heavy (non-hydrogen) atoms. The van der Waals surface area contributed by atoms with Gasteiger partial charge in [-0.25, -0.2) is 4.79 Å². The fraction of sp³-hybridized carbons (Fsp3) is 0.250. The maximum absolute atomic E-state index is 11.2. The zero-order chi connectivity index (χ0) is 24.3. The Kier molecular flexibility index (Phi) is 7.22. The normalized spacial score (nSPS) is 25.6. The summed E-state index contributed by atoms with van der Waals surface area (Å²) in [5, 5.41) is 48.7. The highest BCUT2D eigenvalue weighted by Crippen LogP contribution is 2.28. The topological polar surface area (TPSA) is 200 Å². The number of aliphatic hydroxyl groups excluding tert-OH is 3. The Morgan fingerprint density at radius 2 is 1.55 bits per heavy atom. The van der Waals surface area contributed by atoms with Gasteiger partial charge in [0.15, 0.2) is 6.10 Å². The second kappa shape index (κ2) is 9.74. The van der Waals surface area contributed by atoms with Crippen LogP contribution in [0.15, 0.2) is 42.5 Å². The van der Waals surface area contributed by atoms with Crippen LogP contribution in [0.5, 0.6) is 17.2 Å². The highest BCUT2D eigenvalue weighted by Gasteiger charge is 2.48. The van der Waals surface area contributed by atoms with Gasteiger partial charge in [-0.05, 0) is 35.4 Å². The summed E-state index contributed by atoms with van der Waals surface area (Å²) in [5.74, 6) is -1.91. The van der Waals surface area contributed by atoms with Gasteiger partial charge in [0.2, 0.25) is 6.29 Å². The molecule has 0 bridgehead atoms. The molecule has 5 atom stereocenters. The van der Waals surface area contributed by atoms with Crippen molar-refractivity contribution in [3.05, 3.63) is 53.6 Å². The summed E-state index contributed by atoms with van der Waals surface area (Å²) in [4.78, 5) is 11.2. The third-order valence-corrected chi connectivity index (χ3v) is 4.93. The minimum absolute atomic E-state index is 0.0247. The lowest BCUT2D eigenvalue weighted by molar-refractivity contribution is -0.271. The van der Waals surface area contributed by atoms with E-state index in [0.29, 0.717) is 11.1 Å². The van der Waals surface area contributed by atoms with Crippen LogP contribution in [0.1, 0.15) is 11.1 Å². The lowest BCUT2D eigenvalue weighted by Gasteiger charge is -2.38. The van der Waals surface area contributed by atoms with E-state index >= 15 is 0 Å². The van der Waals surface area contributed by atoms with Crippen molar-refractivity contribution in [3.63, 3.8) is 0 Å². The van der Waals surface area contributed by atoms with Crippen LogP contribution in [-0.2, 0) is 19.9 Å². The second-order valence-corrected chi connectivity index (χ2v) is 8.05. The Morgan fingerprint density at radius 3 is 2.15 bits per heavy atom. The molecule has 0 aromatic heterocycles. The van der Waals surface area contributed by atoms with Crippen molar-refractivity contribution in [1.29, 1.82) is 0 Å². The number of carboxylic acids is 1. The molecule has 1 aliphatic rings. The number of phenolic OH excluding ortho intramolecular Hbond substituents is 1. The Morgan fingerprint density at radius 1 is 0.909 bits per heavy atom. The summed E-state index contributed by atoms with van der Waals surface area (Å²) in [6.07, 6.45) is -5.79. The van der Waals surface area contributed by atoms with E-state index in [-0.39, 0.29) is 17.2 Å². The van der Waals surface area contributed by atoms with Gasteiger partial charge in [0.05, 0.1) is 0 Å². The van der Waals surface area contributed by atoms with Crippen molar-refractivity contribution < 1.29 is 57.0 Å². The second-order valence-electron chi connectivity index (χ2n) is 7.03. The van der Waals surface area contributed by atoms with Crippen molar-refractivity contribution in [2.45, 2.75) is 30.7 Å². The number of aliphatic hydroxyl groups is 3. The number of rotatable bonds is 7. The lowest BCUT2D eigenvalue weighted by atomic mass is 9.99. The molecule has 13 heteroatoms. The van der Waals surface area contributed by atoms with Gasteiger partial charge in [-0.1, -0.05) is 24.3 Å². The van der Waals surface area contributed by atoms with Crippen LogP contribution in [-0.4, -0.2) is 75.2 Å². The molecule has 1 heterocycles. The highest BCUT2D eigenvalue weighted by molar-refractivity contribution is 7.81. The van der Waals surface area contributed by atoms with Crippen molar-refractivity contribution in [2.75, 3.05) is 0 Å². The smallest absolute Gasteiger partial charge is 0.446 e. The first kappa shape index (κ1) is 24.4. The number of ether oxygens (including phenoxy) is 2. The van der Waals surface area contributed by atoms with E-state index in [1.54, 1.807) is 12.2 Å². The predicted molar refractivity (Wildman–Crippen MR) is 111 cm³/mol. The Hall–Kier alpha value is -3.20. The van der Waals surface area contributed by atoms with E-state index in [1.807, 2.05) is 0 Å². The van der Waals surface area contributed by atoms with Crippen LogP contribution in [0.3, 0.4) is 0 Å². The Labute approximate surface area is 187 Å². The summed E-state index contributed by atoms with van der Waals surface area (Å²) in [7, 11) is -4.64. The summed E-state index contributed by atoms with van der Waals surface area (Å²) in [6.45, 7) is 0. The molecular formula is C20H20O12S. The third-order valence-electron chi connectivity index (χ3n) is 4.53. The van der Waals surface area contributed by atoms with Gasteiger partial charge in [-0.2, -0.15) is 8.42 Å². The number of carboxylic acid groups (broad SMARTS) is 1. The van der Waals surface area contributed by atoms with Crippen molar-refractivity contribution in [3.8, 4) is 17.2 Å². The minimum Gasteiger partial charge on any atom is -0.508 e. The molecule has 0 saturated carbocycles. The molecule has 1 saturated heterocycles. The fourth-order valence-electron chi connectivity index (χ4n) is 3.00. The molecule has 1 fully saturated rings. The Bertz CT molecular complexity index is 1130. The molecule has 12 nitrogen and oxygen atoms in total. The highest BCUT2D eigenvalue weighted by atomic mass is 32.3. The monoisotopic (exact) mass is 484 g/mol. The first-order valence-electron chi connectivity index (χ1n) is 9.31. The van der Waals surface area contributed by atoms with Crippen LogP contribution < -0.4 is 8.92 Å². The first-order valence-corrected chi connectivity index (χ1v) is 10.7. The molecule has 2 aromatic rings. The predicted octanol–water partition coefficient (Wildman–Crippen LogP) is 0.0152. The molecule has 0 unspecified atom stereocenters. The van der Waals surface area contributed by atoms with Gasteiger partial charge in [0, 0.05) is 6.07 Å². The van der Waals surface area contributed by atoms with E-state index in [9.17, 15) is 33.6 Å². The van der Waals surface area contributed by atoms with Gasteiger partial charge in [-0.15, -0.1) is 0 Å². The van der Waals surface area contributed by atoms with E-state index in [1.165, 1.54) is 42.5 Å². The summed E-state index contributed by atoms with van der Waals surface area (Å²) < 4.78 is 44.9. The molecule has 0 radical (unpaired) electrons. The lowest BCUT2D eigenvalue weighted by Crippen LogP contribution is -2.61. The average Bonchev–Trinajstić information content (AvgIpc) is 2.72. The van der Waals surface area contributed by atoms with Crippen molar-refractivity contribution in [1.82, 2.24) is 0 Å². The van der Waals surface area contributed by atoms with Crippen molar-refractivity contribution >= 4 is 28.5 Å². The number of aromatic hydroxyl groups is 1. The third kappa shape index (κ3) is 6.41. The van der Waals surface area contributed by atoms with Crippen LogP contribution >= 0.6 is 0 Å². The van der Waals surface area contributed by atoms with Gasteiger partial charge >= 0.3 is 16.4 Å². The Balaban J connectivity index is 1.75. The summed E-state index contributed by atoms with van der Waals surface area (Å²) in [5.41, 5.74) is 1.03. The molecule has 2 aromatic carbocycles. The molecule has 0 spiro atoms. The summed E-state index contributed by atoms with van der Waals surface area (Å²) in [6, 6.07) is 9.59. The molecule has 3 rings (SSSR count). The van der Waals surface area contributed by atoms with E-state index in [2.05, 4.69) is 4.18 Å². The summed E-state index contributed by atoms with van der Waals surface area (Å²) >= 11 is 0. The minimum atomic E-state index is -4.64. The van der Waals surface area contributed by atoms with Gasteiger partial charge in [0.25, 0.3) is 0 Å². The molecular weight excluding hydrogens is 464 g/mol. The number of carbonyl (C=O) groups is 1. The van der Waals surface area contributed by atoms with Gasteiger partial charge < -0.3 is 39.2 Å². The number of hydrogen-bond acceptors (Lipinski definition) is 10. The molecule has 178 valence electrons. The molecule has 0 amide bonds. The zero-order valence-electron chi connectivity index (χ0n) is 16.6. The fourth-order valence-corrected chi connectivity index (χ4v) is 3.36. The maximum Gasteiger partial charge on any atom is 0.446 e. The maximum atomic E-state index is 11.2. The standard InChI is InChI=1S/C20H20O12S/c21-12-7-11(2-1-10-3-5-13(6-4-10)32-33(27,28)29)8-14(9-12)30-20-17(24)15(22)16(23)18(31-20)19(25)26/h1-9,15-18,20-24H,(H,25,26)(H,27,28,29)/b2-1+/t15-,16-,17+,18-,20+/m0/s1. The largest absolute Gasteiger partial charge is 0.508 e. The van der Waals surface area contributed by atoms with Crippen LogP contribution in [0.25, 0.3) is 12.2 Å². The SMILES string of the molecule is O=C(O)[C@H]1O[C@@H](Oc2cc(O)cc(/C=C/c3ccc(OS(=O)(=O)O)cc3)c2)[C@H](O)[C@@H](O)[C@@H]1O. The van der Waals surface area contributed by atoms with Crippen LogP contribution in [0.4, 0.5) is 0 Å². The van der Waals surface area contributed by atoms with Gasteiger partial charge in [0.1, 0.15) is 35.6 Å². The quantitative estimate of drug-likeness (QED) is 0.228. The van der Waals surface area contributed by atoms with E-state index < -0.39 is 47.1 Å². The van der Waals surface area contributed by atoms with Crippen molar-refractivity contribution in [2.24, 2.45) is 0 Å². The molecule has 0 aliphatic carbocycles. The molecule has 1 aliphatic heterocycles. The number of benzene rings is 2.